The van der Waals surface area contributed by atoms with Gasteiger partial charge in [-0.1, -0.05) is 87.5 Å². The van der Waals surface area contributed by atoms with Gasteiger partial charge in [-0.25, -0.2) is 0 Å². The van der Waals surface area contributed by atoms with Crippen molar-refractivity contribution in [1.82, 2.24) is 0 Å². The minimum absolute atomic E-state index is 0.325. The van der Waals surface area contributed by atoms with Gasteiger partial charge < -0.3 is 9.59 Å². The van der Waals surface area contributed by atoms with Gasteiger partial charge in [-0.2, -0.15) is 0 Å². The van der Waals surface area contributed by atoms with E-state index in [2.05, 4.69) is 41.5 Å². The monoisotopic (exact) mass is 384 g/mol. The second-order valence-electron chi connectivity index (χ2n) is 10.0. The third-order valence-corrected chi connectivity index (χ3v) is 4.16. The number of unbranched alkanes of at least 4 members (excludes halogenated alkanes) is 5. The SMILES string of the molecule is CC.CC(=O)CCCCCC(C)(C)C.CC(=O)CCCCCCC(C)(C)C. The highest BCUT2D eigenvalue weighted by Gasteiger charge is 2.09. The molecule has 0 aliphatic carbocycles. The maximum Gasteiger partial charge on any atom is 0.129 e. The standard InChI is InChI=1S/C12H24O.C11H22O.C2H6/c1-11(13)9-7-5-6-8-10-12(2,3)4;1-10(12)8-6-5-7-9-11(2,3)4;1-2/h5-10H2,1-4H3;5-9H2,1-4H3;1-2H3. The van der Waals surface area contributed by atoms with Crippen LogP contribution in [0.2, 0.25) is 0 Å². The second-order valence-corrected chi connectivity index (χ2v) is 10.0. The molecular formula is C25H52O2. The first kappa shape index (κ1) is 31.0. The van der Waals surface area contributed by atoms with E-state index in [1.54, 1.807) is 13.8 Å². The summed E-state index contributed by atoms with van der Waals surface area (Å²) >= 11 is 0. The first-order chi connectivity index (χ1) is 12.3. The van der Waals surface area contributed by atoms with Gasteiger partial charge in [-0.05, 0) is 50.4 Å². The molecule has 0 radical (unpaired) electrons. The van der Waals surface area contributed by atoms with Gasteiger partial charge in [0, 0.05) is 12.8 Å². The molecule has 27 heavy (non-hydrogen) atoms. The number of carbonyl (C=O) groups excluding carboxylic acids is 2. The number of ketones is 2. The van der Waals surface area contributed by atoms with Gasteiger partial charge >= 0.3 is 0 Å². The van der Waals surface area contributed by atoms with Crippen molar-refractivity contribution in [1.29, 1.82) is 0 Å². The fourth-order valence-corrected chi connectivity index (χ4v) is 2.59. The van der Waals surface area contributed by atoms with E-state index in [0.29, 0.717) is 22.4 Å². The maximum absolute atomic E-state index is 10.6. The zero-order valence-electron chi connectivity index (χ0n) is 20.6. The topological polar surface area (TPSA) is 34.1 Å². The lowest BCUT2D eigenvalue weighted by molar-refractivity contribution is -0.118. The molecule has 0 spiro atoms. The average molecular weight is 385 g/mol. The molecule has 0 saturated carbocycles. The normalized spacial score (nSPS) is 11.0. The Morgan fingerprint density at radius 1 is 0.519 bits per heavy atom. The molecule has 0 unspecified atom stereocenters. The predicted molar refractivity (Wildman–Crippen MR) is 122 cm³/mol. The molecule has 0 N–H and O–H groups in total. The first-order valence-corrected chi connectivity index (χ1v) is 11.3. The van der Waals surface area contributed by atoms with Crippen LogP contribution < -0.4 is 0 Å². The molecule has 0 amide bonds. The van der Waals surface area contributed by atoms with Crippen LogP contribution in [0.25, 0.3) is 0 Å². The summed E-state index contributed by atoms with van der Waals surface area (Å²) in [7, 11) is 0. The van der Waals surface area contributed by atoms with Gasteiger partial charge in [0.1, 0.15) is 11.6 Å². The van der Waals surface area contributed by atoms with Crippen molar-refractivity contribution in [3.8, 4) is 0 Å². The van der Waals surface area contributed by atoms with Crippen molar-refractivity contribution in [2.75, 3.05) is 0 Å². The Morgan fingerprint density at radius 3 is 1.04 bits per heavy atom. The number of Topliss-reactive ketones (excluding diaryl/α,β-unsaturated/α-hetero) is 2. The van der Waals surface area contributed by atoms with E-state index in [-0.39, 0.29) is 0 Å². The molecule has 0 aliphatic heterocycles. The Morgan fingerprint density at radius 2 is 0.778 bits per heavy atom. The van der Waals surface area contributed by atoms with Crippen molar-refractivity contribution in [2.45, 2.75) is 140 Å². The maximum atomic E-state index is 10.6. The van der Waals surface area contributed by atoms with Gasteiger partial charge in [0.25, 0.3) is 0 Å². The minimum atomic E-state index is 0.325. The quantitative estimate of drug-likeness (QED) is 0.334. The summed E-state index contributed by atoms with van der Waals surface area (Å²) in [5.74, 6) is 0.654. The molecule has 0 heterocycles. The molecular weight excluding hydrogens is 332 g/mol. The zero-order valence-corrected chi connectivity index (χ0v) is 20.6. The van der Waals surface area contributed by atoms with E-state index in [0.717, 1.165) is 25.7 Å². The van der Waals surface area contributed by atoms with Gasteiger partial charge in [0.05, 0.1) is 0 Å². The Bertz CT molecular complexity index is 342. The molecule has 0 aromatic heterocycles. The number of hydrogen-bond acceptors (Lipinski definition) is 2. The summed E-state index contributed by atoms with van der Waals surface area (Å²) in [5.41, 5.74) is 0.927. The highest BCUT2D eigenvalue weighted by Crippen LogP contribution is 2.23. The summed E-state index contributed by atoms with van der Waals surface area (Å²) in [6.07, 6.45) is 12.5. The first-order valence-electron chi connectivity index (χ1n) is 11.3. The van der Waals surface area contributed by atoms with Crippen LogP contribution in [0.1, 0.15) is 140 Å². The van der Waals surface area contributed by atoms with Crippen LogP contribution in [0.5, 0.6) is 0 Å². The van der Waals surface area contributed by atoms with Crippen molar-refractivity contribution < 1.29 is 9.59 Å². The second kappa shape index (κ2) is 18.7. The average Bonchev–Trinajstić information content (AvgIpc) is 2.50. The van der Waals surface area contributed by atoms with E-state index < -0.39 is 0 Å². The molecule has 2 nitrogen and oxygen atoms in total. The molecule has 0 rings (SSSR count). The Balaban J connectivity index is -0.000000391. The van der Waals surface area contributed by atoms with Crippen molar-refractivity contribution in [2.24, 2.45) is 10.8 Å². The molecule has 0 aromatic carbocycles. The number of rotatable bonds is 11. The van der Waals surface area contributed by atoms with Gasteiger partial charge in [0.15, 0.2) is 0 Å². The van der Waals surface area contributed by atoms with E-state index >= 15 is 0 Å². The van der Waals surface area contributed by atoms with Crippen LogP contribution in [-0.4, -0.2) is 11.6 Å². The molecule has 0 aromatic rings. The number of carbonyl (C=O) groups is 2. The molecule has 0 fully saturated rings. The van der Waals surface area contributed by atoms with E-state index in [1.165, 1.54) is 44.9 Å². The molecule has 0 saturated heterocycles. The Labute approximate surface area is 172 Å². The van der Waals surface area contributed by atoms with Crippen LogP contribution in [0.3, 0.4) is 0 Å². The van der Waals surface area contributed by atoms with Crippen molar-refractivity contribution >= 4 is 11.6 Å². The van der Waals surface area contributed by atoms with E-state index in [1.807, 2.05) is 13.8 Å². The molecule has 164 valence electrons. The third kappa shape index (κ3) is 41.0. The number of hydrogen-bond donors (Lipinski definition) is 0. The van der Waals surface area contributed by atoms with Gasteiger partial charge in [0.2, 0.25) is 0 Å². The molecule has 0 aliphatic rings. The third-order valence-electron chi connectivity index (χ3n) is 4.16. The highest BCUT2D eigenvalue weighted by molar-refractivity contribution is 5.75. The lowest BCUT2D eigenvalue weighted by Gasteiger charge is -2.17. The fraction of sp³-hybridized carbons (Fsp3) is 0.920. The molecule has 0 atom stereocenters. The van der Waals surface area contributed by atoms with Crippen LogP contribution >= 0.6 is 0 Å². The fourth-order valence-electron chi connectivity index (χ4n) is 2.59. The van der Waals surface area contributed by atoms with E-state index in [4.69, 9.17) is 0 Å². The van der Waals surface area contributed by atoms with Gasteiger partial charge in [-0.15, -0.1) is 0 Å². The van der Waals surface area contributed by atoms with Crippen molar-refractivity contribution in [3.05, 3.63) is 0 Å². The van der Waals surface area contributed by atoms with Crippen molar-refractivity contribution in [3.63, 3.8) is 0 Å². The molecule has 0 bridgehead atoms. The zero-order chi connectivity index (χ0) is 21.9. The summed E-state index contributed by atoms with van der Waals surface area (Å²) < 4.78 is 0. The molecule has 2 heteroatoms. The highest BCUT2D eigenvalue weighted by atomic mass is 16.1. The summed E-state index contributed by atoms with van der Waals surface area (Å²) in [4.78, 5) is 21.2. The van der Waals surface area contributed by atoms with Gasteiger partial charge in [-0.3, -0.25) is 0 Å². The van der Waals surface area contributed by atoms with Crippen LogP contribution in [-0.2, 0) is 9.59 Å². The van der Waals surface area contributed by atoms with Crippen LogP contribution in [0.15, 0.2) is 0 Å². The summed E-state index contributed by atoms with van der Waals surface area (Å²) in [5, 5.41) is 0. The van der Waals surface area contributed by atoms with E-state index in [9.17, 15) is 9.59 Å². The largest absolute Gasteiger partial charge is 0.300 e. The van der Waals surface area contributed by atoms with Crippen LogP contribution in [0, 0.1) is 10.8 Å². The lowest BCUT2D eigenvalue weighted by Crippen LogP contribution is -2.04. The predicted octanol–water partition coefficient (Wildman–Crippen LogP) is 8.56. The summed E-state index contributed by atoms with van der Waals surface area (Å²) in [6, 6.07) is 0. The Kier molecular flexibility index (Phi) is 21.5. The Hall–Kier alpha value is -0.660. The lowest BCUT2D eigenvalue weighted by atomic mass is 9.89. The van der Waals surface area contributed by atoms with Crippen LogP contribution in [0.4, 0.5) is 0 Å². The summed E-state index contributed by atoms with van der Waals surface area (Å²) in [6.45, 7) is 21.0. The minimum Gasteiger partial charge on any atom is -0.300 e. The smallest absolute Gasteiger partial charge is 0.129 e.